The Hall–Kier alpha value is -1.21. The maximum atomic E-state index is 12.0. The van der Waals surface area contributed by atoms with Gasteiger partial charge in [0.2, 0.25) is 0 Å². The summed E-state index contributed by atoms with van der Waals surface area (Å²) < 4.78 is 24.1. The highest BCUT2D eigenvalue weighted by atomic mass is 32.4. The standard InChI is InChI=1S/C9H13NO4SSi/c1-16(2,3)15(13,14)9-6-4-8(5-7-9)10(11)12/h4-7H,1-3H3. The van der Waals surface area contributed by atoms with E-state index < -0.39 is 21.4 Å². The third kappa shape index (κ3) is 2.30. The molecule has 0 saturated heterocycles. The third-order valence-corrected chi connectivity index (χ3v) is 10.2. The number of hydrogen-bond acceptors (Lipinski definition) is 4. The fourth-order valence-corrected chi connectivity index (χ4v) is 4.83. The lowest BCUT2D eigenvalue weighted by Crippen LogP contribution is -2.33. The highest BCUT2D eigenvalue weighted by molar-refractivity contribution is 8.21. The number of rotatable bonds is 3. The van der Waals surface area contributed by atoms with E-state index in [1.54, 1.807) is 19.6 Å². The molecule has 0 atom stereocenters. The number of benzene rings is 1. The predicted octanol–water partition coefficient (Wildman–Crippen LogP) is 2.20. The van der Waals surface area contributed by atoms with Gasteiger partial charge in [-0.2, -0.15) is 0 Å². The smallest absolute Gasteiger partial charge is 0.258 e. The summed E-state index contributed by atoms with van der Waals surface area (Å²) in [5.74, 6) is 0. The Kier molecular flexibility index (Phi) is 3.20. The van der Waals surface area contributed by atoms with E-state index in [4.69, 9.17) is 0 Å². The Bertz CT molecular complexity index is 501. The number of hydrogen-bond donors (Lipinski definition) is 0. The zero-order chi connectivity index (χ0) is 12.6. The van der Waals surface area contributed by atoms with E-state index in [9.17, 15) is 18.5 Å². The minimum atomic E-state index is -3.30. The second kappa shape index (κ2) is 3.98. The van der Waals surface area contributed by atoms with Crippen molar-refractivity contribution in [2.45, 2.75) is 24.5 Å². The van der Waals surface area contributed by atoms with Gasteiger partial charge in [-0.3, -0.25) is 10.1 Å². The fraction of sp³-hybridized carbons (Fsp3) is 0.333. The van der Waals surface area contributed by atoms with Crippen LogP contribution in [0.3, 0.4) is 0 Å². The van der Waals surface area contributed by atoms with Crippen molar-refractivity contribution in [2.75, 3.05) is 0 Å². The van der Waals surface area contributed by atoms with Crippen molar-refractivity contribution in [2.24, 2.45) is 0 Å². The van der Waals surface area contributed by atoms with E-state index in [0.717, 1.165) is 0 Å². The molecule has 1 aromatic rings. The van der Waals surface area contributed by atoms with Gasteiger partial charge in [0.1, 0.15) is 9.29 Å². The molecule has 88 valence electrons. The van der Waals surface area contributed by atoms with Crippen LogP contribution in [0.1, 0.15) is 0 Å². The van der Waals surface area contributed by atoms with E-state index in [0.29, 0.717) is 0 Å². The molecule has 1 aromatic carbocycles. The van der Waals surface area contributed by atoms with Crippen molar-refractivity contribution in [3.05, 3.63) is 34.4 Å². The van der Waals surface area contributed by atoms with Crippen LogP contribution in [-0.2, 0) is 9.29 Å². The first-order valence-corrected chi connectivity index (χ1v) is 10.4. The fourth-order valence-electron chi connectivity index (χ4n) is 1.10. The van der Waals surface area contributed by atoms with Gasteiger partial charge in [0.15, 0.2) is 7.22 Å². The lowest BCUT2D eigenvalue weighted by molar-refractivity contribution is -0.384. The molecule has 0 fully saturated rings. The van der Waals surface area contributed by atoms with Crippen molar-refractivity contribution in [1.82, 2.24) is 0 Å². The molecule has 0 bridgehead atoms. The molecule has 0 unspecified atom stereocenters. The van der Waals surface area contributed by atoms with Crippen LogP contribution in [0.2, 0.25) is 19.6 Å². The SMILES string of the molecule is C[Si](C)(C)S(=O)(=O)c1ccc([N+](=O)[O-])cc1. The summed E-state index contributed by atoms with van der Waals surface area (Å²) in [6.07, 6.45) is 0. The van der Waals surface area contributed by atoms with E-state index in [-0.39, 0.29) is 10.6 Å². The number of nitro groups is 1. The molecule has 0 spiro atoms. The Labute approximate surface area is 94.8 Å². The average Bonchev–Trinajstić information content (AvgIpc) is 2.16. The topological polar surface area (TPSA) is 77.3 Å². The van der Waals surface area contributed by atoms with Gasteiger partial charge < -0.3 is 0 Å². The molecule has 1 rings (SSSR count). The first-order valence-electron chi connectivity index (χ1n) is 4.65. The second-order valence-corrected chi connectivity index (χ2v) is 15.4. The molecule has 0 aliphatic heterocycles. The average molecular weight is 259 g/mol. The van der Waals surface area contributed by atoms with Gasteiger partial charge in [-0.15, -0.1) is 0 Å². The largest absolute Gasteiger partial charge is 0.269 e. The van der Waals surface area contributed by atoms with Gasteiger partial charge in [-0.25, -0.2) is 8.42 Å². The zero-order valence-electron chi connectivity index (χ0n) is 9.30. The van der Waals surface area contributed by atoms with Gasteiger partial charge >= 0.3 is 0 Å². The monoisotopic (exact) mass is 259 g/mol. The van der Waals surface area contributed by atoms with Crippen molar-refractivity contribution in [3.8, 4) is 0 Å². The van der Waals surface area contributed by atoms with Crippen molar-refractivity contribution in [1.29, 1.82) is 0 Å². The van der Waals surface area contributed by atoms with E-state index >= 15 is 0 Å². The van der Waals surface area contributed by atoms with Crippen LogP contribution in [-0.4, -0.2) is 20.6 Å². The summed E-state index contributed by atoms with van der Waals surface area (Å²) in [6.45, 7) is 5.18. The van der Waals surface area contributed by atoms with Crippen LogP contribution in [0.25, 0.3) is 0 Å². The molecule has 0 N–H and O–H groups in total. The summed E-state index contributed by atoms with van der Waals surface area (Å²) >= 11 is 0. The Morgan fingerprint density at radius 2 is 1.56 bits per heavy atom. The highest BCUT2D eigenvalue weighted by Crippen LogP contribution is 2.23. The molecule has 0 aliphatic carbocycles. The second-order valence-electron chi connectivity index (χ2n) is 4.37. The molecule has 0 amide bonds. The lowest BCUT2D eigenvalue weighted by atomic mass is 10.3. The maximum Gasteiger partial charge on any atom is 0.269 e. The quantitative estimate of drug-likeness (QED) is 0.473. The molecular weight excluding hydrogens is 246 g/mol. The summed E-state index contributed by atoms with van der Waals surface area (Å²) in [5, 5.41) is 10.4. The molecule has 0 aliphatic rings. The van der Waals surface area contributed by atoms with Crippen molar-refractivity contribution < 1.29 is 13.3 Å². The van der Waals surface area contributed by atoms with E-state index in [2.05, 4.69) is 0 Å². The van der Waals surface area contributed by atoms with Gasteiger partial charge in [0.05, 0.1) is 9.82 Å². The van der Waals surface area contributed by atoms with Gasteiger partial charge in [-0.05, 0) is 12.1 Å². The van der Waals surface area contributed by atoms with Crippen LogP contribution in [0, 0.1) is 10.1 Å². The first kappa shape index (κ1) is 12.9. The van der Waals surface area contributed by atoms with Gasteiger partial charge in [0, 0.05) is 12.1 Å². The van der Waals surface area contributed by atoms with E-state index in [1.807, 2.05) is 0 Å². The Morgan fingerprint density at radius 3 is 1.88 bits per heavy atom. The molecule has 0 aromatic heterocycles. The highest BCUT2D eigenvalue weighted by Gasteiger charge is 2.33. The predicted molar refractivity (Wildman–Crippen MR) is 63.6 cm³/mol. The summed E-state index contributed by atoms with van der Waals surface area (Å²) in [5.41, 5.74) is -0.102. The first-order chi connectivity index (χ1) is 7.16. The summed E-state index contributed by atoms with van der Waals surface area (Å²) in [6, 6.07) is 5.03. The van der Waals surface area contributed by atoms with Crippen LogP contribution in [0.4, 0.5) is 5.69 Å². The molecule has 16 heavy (non-hydrogen) atoms. The van der Waals surface area contributed by atoms with Gasteiger partial charge in [0.25, 0.3) is 5.69 Å². The molecule has 7 heteroatoms. The number of non-ortho nitro benzene ring substituents is 1. The normalized spacial score (nSPS) is 12.4. The minimum Gasteiger partial charge on any atom is -0.258 e. The van der Waals surface area contributed by atoms with Crippen LogP contribution in [0.5, 0.6) is 0 Å². The molecule has 0 saturated carbocycles. The molecular formula is C9H13NO4SSi. The van der Waals surface area contributed by atoms with Crippen molar-refractivity contribution >= 4 is 22.2 Å². The third-order valence-electron chi connectivity index (χ3n) is 2.16. The summed E-state index contributed by atoms with van der Waals surface area (Å²) in [7, 11) is -5.67. The van der Waals surface area contributed by atoms with Crippen LogP contribution >= 0.6 is 0 Å². The number of nitro benzene ring substituents is 1. The molecule has 0 radical (unpaired) electrons. The zero-order valence-corrected chi connectivity index (χ0v) is 11.1. The summed E-state index contributed by atoms with van der Waals surface area (Å²) in [4.78, 5) is 10.0. The Morgan fingerprint density at radius 1 is 1.12 bits per heavy atom. The maximum absolute atomic E-state index is 12.0. The molecule has 0 heterocycles. The van der Waals surface area contributed by atoms with Crippen LogP contribution < -0.4 is 0 Å². The van der Waals surface area contributed by atoms with Crippen LogP contribution in [0.15, 0.2) is 29.2 Å². The lowest BCUT2D eigenvalue weighted by Gasteiger charge is -2.16. The van der Waals surface area contributed by atoms with Gasteiger partial charge in [-0.1, -0.05) is 19.6 Å². The number of nitrogens with zero attached hydrogens (tertiary/aromatic N) is 1. The molecule has 5 nitrogen and oxygen atoms in total. The minimum absolute atomic E-state index is 0.102. The van der Waals surface area contributed by atoms with E-state index in [1.165, 1.54) is 24.3 Å². The Balaban J connectivity index is 3.23. The van der Waals surface area contributed by atoms with Crippen molar-refractivity contribution in [3.63, 3.8) is 0 Å².